The number of guanidine groups is 1. The fourth-order valence-corrected chi connectivity index (χ4v) is 4.67. The van der Waals surface area contributed by atoms with Crippen LogP contribution in [0.3, 0.4) is 0 Å². The molecule has 0 radical (unpaired) electrons. The first-order valence-corrected chi connectivity index (χ1v) is 10.4. The van der Waals surface area contributed by atoms with Crippen molar-refractivity contribution in [2.45, 2.75) is 25.8 Å². The highest BCUT2D eigenvalue weighted by Gasteiger charge is 2.27. The van der Waals surface area contributed by atoms with E-state index in [1.54, 1.807) is 11.3 Å². The summed E-state index contributed by atoms with van der Waals surface area (Å²) in [5, 5.41) is 8.92. The van der Waals surface area contributed by atoms with Gasteiger partial charge in [0.05, 0.1) is 18.4 Å². The second-order valence-corrected chi connectivity index (χ2v) is 8.26. The number of aromatic nitrogens is 3. The molecule has 2 aromatic heterocycles. The van der Waals surface area contributed by atoms with Crippen molar-refractivity contribution in [2.75, 3.05) is 20.1 Å². The quantitative estimate of drug-likeness (QED) is 0.544. The van der Waals surface area contributed by atoms with Crippen LogP contribution in [0, 0.1) is 6.92 Å². The second kappa shape index (κ2) is 8.14. The maximum Gasteiger partial charge on any atom is 0.193 e. The number of benzene rings is 1. The Hall–Kier alpha value is -2.67. The Morgan fingerprint density at radius 2 is 2.14 bits per heavy atom. The molecule has 1 aromatic carbocycles. The molecular weight excluding hydrogens is 368 g/mol. The zero-order valence-electron chi connectivity index (χ0n) is 16.6. The number of thiazole rings is 1. The number of nitrogens with one attached hydrogen (secondary N) is 1. The molecule has 28 heavy (non-hydrogen) atoms. The molecule has 0 aliphatic carbocycles. The van der Waals surface area contributed by atoms with Crippen molar-refractivity contribution < 1.29 is 0 Å². The van der Waals surface area contributed by atoms with E-state index in [2.05, 4.69) is 57.7 Å². The van der Waals surface area contributed by atoms with Gasteiger partial charge in [0.2, 0.25) is 0 Å². The Balaban J connectivity index is 1.39. The van der Waals surface area contributed by atoms with Crippen molar-refractivity contribution >= 4 is 17.3 Å². The van der Waals surface area contributed by atoms with Gasteiger partial charge in [0, 0.05) is 49.7 Å². The van der Waals surface area contributed by atoms with E-state index in [1.807, 2.05) is 31.0 Å². The molecule has 6 nitrogen and oxygen atoms in total. The van der Waals surface area contributed by atoms with Gasteiger partial charge in [0.1, 0.15) is 5.01 Å². The number of aliphatic imine (C=N–C) groups is 1. The highest BCUT2D eigenvalue weighted by Crippen LogP contribution is 2.29. The molecular formula is C21H26N6S. The van der Waals surface area contributed by atoms with Crippen molar-refractivity contribution in [2.24, 2.45) is 12.0 Å². The van der Waals surface area contributed by atoms with Crippen LogP contribution in [0.4, 0.5) is 0 Å². The van der Waals surface area contributed by atoms with E-state index in [9.17, 15) is 0 Å². The number of likely N-dealkylation sites (tertiary alicyclic amines) is 1. The lowest BCUT2D eigenvalue weighted by atomic mass is 10.0. The summed E-state index contributed by atoms with van der Waals surface area (Å²) in [7, 11) is 3.83. The molecule has 4 rings (SSSR count). The lowest BCUT2D eigenvalue weighted by Crippen LogP contribution is -2.39. The molecule has 0 bridgehead atoms. The Bertz CT molecular complexity index is 958. The van der Waals surface area contributed by atoms with Crippen LogP contribution >= 0.6 is 11.3 Å². The maximum atomic E-state index is 4.75. The molecule has 1 unspecified atom stereocenters. The Labute approximate surface area is 169 Å². The largest absolute Gasteiger partial charge is 0.351 e. The summed E-state index contributed by atoms with van der Waals surface area (Å²) < 4.78 is 1.88. The van der Waals surface area contributed by atoms with Crippen LogP contribution in [0.2, 0.25) is 0 Å². The molecule has 3 aromatic rings. The number of hydrogen-bond donors (Lipinski definition) is 1. The minimum Gasteiger partial charge on any atom is -0.351 e. The van der Waals surface area contributed by atoms with Gasteiger partial charge >= 0.3 is 0 Å². The number of nitrogens with zero attached hydrogens (tertiary/aromatic N) is 5. The van der Waals surface area contributed by atoms with E-state index in [0.717, 1.165) is 42.7 Å². The van der Waals surface area contributed by atoms with Crippen LogP contribution in [-0.2, 0) is 13.6 Å². The number of rotatable bonds is 4. The molecule has 3 heterocycles. The number of hydrogen-bond acceptors (Lipinski definition) is 4. The first-order valence-electron chi connectivity index (χ1n) is 9.60. The van der Waals surface area contributed by atoms with Crippen LogP contribution in [0.15, 0.2) is 47.7 Å². The maximum absolute atomic E-state index is 4.75. The summed E-state index contributed by atoms with van der Waals surface area (Å²) in [6, 6.07) is 10.4. The molecule has 1 saturated heterocycles. The molecule has 0 amide bonds. The van der Waals surface area contributed by atoms with Gasteiger partial charge in [-0.05, 0) is 18.9 Å². The van der Waals surface area contributed by atoms with Crippen molar-refractivity contribution in [3.05, 3.63) is 58.9 Å². The van der Waals surface area contributed by atoms with Crippen LogP contribution in [-0.4, -0.2) is 45.8 Å². The summed E-state index contributed by atoms with van der Waals surface area (Å²) in [6.45, 7) is 4.81. The Morgan fingerprint density at radius 1 is 1.32 bits per heavy atom. The van der Waals surface area contributed by atoms with Gasteiger partial charge in [-0.2, -0.15) is 5.10 Å². The topological polar surface area (TPSA) is 58.3 Å². The zero-order valence-corrected chi connectivity index (χ0v) is 17.4. The average Bonchev–Trinajstić information content (AvgIpc) is 3.44. The average molecular weight is 395 g/mol. The predicted octanol–water partition coefficient (Wildman–Crippen LogP) is 3.42. The lowest BCUT2D eigenvalue weighted by Gasteiger charge is -2.21. The molecule has 1 aliphatic rings. The van der Waals surface area contributed by atoms with Gasteiger partial charge in [-0.1, -0.05) is 30.3 Å². The van der Waals surface area contributed by atoms with Crippen molar-refractivity contribution in [1.29, 1.82) is 0 Å². The van der Waals surface area contributed by atoms with E-state index in [4.69, 9.17) is 4.98 Å². The van der Waals surface area contributed by atoms with Gasteiger partial charge < -0.3 is 10.2 Å². The minimum absolute atomic E-state index is 0.516. The predicted molar refractivity (Wildman–Crippen MR) is 115 cm³/mol. The summed E-state index contributed by atoms with van der Waals surface area (Å²) in [5.41, 5.74) is 3.57. The Morgan fingerprint density at radius 3 is 2.86 bits per heavy atom. The lowest BCUT2D eigenvalue weighted by molar-refractivity contribution is 0.486. The van der Waals surface area contributed by atoms with Crippen LogP contribution < -0.4 is 5.32 Å². The molecule has 1 aliphatic heterocycles. The first-order chi connectivity index (χ1) is 13.6. The van der Waals surface area contributed by atoms with Crippen molar-refractivity contribution in [1.82, 2.24) is 25.0 Å². The van der Waals surface area contributed by atoms with Crippen LogP contribution in [0.25, 0.3) is 10.6 Å². The summed E-state index contributed by atoms with van der Waals surface area (Å²) in [4.78, 5) is 12.9. The molecule has 1 N–H and O–H groups in total. The number of aryl methyl sites for hydroxylation is 2. The zero-order chi connectivity index (χ0) is 19.5. The molecule has 1 fully saturated rings. The fraction of sp³-hybridized carbons (Fsp3) is 0.381. The SMILES string of the molecule is CN=C(NCc1sc(-c2ccccc2)nc1C)N1CCC(c2cnn(C)c2)C1. The molecule has 0 spiro atoms. The molecule has 0 saturated carbocycles. The van der Waals surface area contributed by atoms with E-state index < -0.39 is 0 Å². The smallest absolute Gasteiger partial charge is 0.193 e. The van der Waals surface area contributed by atoms with Crippen molar-refractivity contribution in [3.8, 4) is 10.6 Å². The third kappa shape index (κ3) is 3.94. The van der Waals surface area contributed by atoms with Crippen LogP contribution in [0.5, 0.6) is 0 Å². The van der Waals surface area contributed by atoms with Gasteiger partial charge in [-0.15, -0.1) is 11.3 Å². The third-order valence-electron chi connectivity index (χ3n) is 5.22. The fourth-order valence-electron chi connectivity index (χ4n) is 3.66. The van der Waals surface area contributed by atoms with E-state index in [1.165, 1.54) is 16.0 Å². The third-order valence-corrected chi connectivity index (χ3v) is 6.42. The van der Waals surface area contributed by atoms with E-state index in [0.29, 0.717) is 5.92 Å². The van der Waals surface area contributed by atoms with E-state index >= 15 is 0 Å². The van der Waals surface area contributed by atoms with Gasteiger partial charge in [-0.25, -0.2) is 4.98 Å². The first kappa shape index (κ1) is 18.7. The van der Waals surface area contributed by atoms with Gasteiger partial charge in [-0.3, -0.25) is 9.67 Å². The standard InChI is InChI=1S/C21H26N6S/c1-15-19(28-20(25-15)16-7-5-4-6-8-16)12-23-21(22-2)27-10-9-17(14-27)18-11-24-26(3)13-18/h4-8,11,13,17H,9-10,12,14H2,1-3H3,(H,22,23). The highest BCUT2D eigenvalue weighted by molar-refractivity contribution is 7.15. The van der Waals surface area contributed by atoms with Gasteiger partial charge in [0.15, 0.2) is 5.96 Å². The van der Waals surface area contributed by atoms with Crippen molar-refractivity contribution in [3.63, 3.8) is 0 Å². The van der Waals surface area contributed by atoms with Crippen LogP contribution in [0.1, 0.15) is 28.5 Å². The Kier molecular flexibility index (Phi) is 5.43. The minimum atomic E-state index is 0.516. The van der Waals surface area contributed by atoms with E-state index in [-0.39, 0.29) is 0 Å². The normalized spacial score (nSPS) is 17.3. The molecule has 146 valence electrons. The molecule has 1 atom stereocenters. The van der Waals surface area contributed by atoms with Gasteiger partial charge in [0.25, 0.3) is 0 Å². The molecule has 7 heteroatoms. The summed E-state index contributed by atoms with van der Waals surface area (Å²) >= 11 is 1.75. The second-order valence-electron chi connectivity index (χ2n) is 7.17. The monoisotopic (exact) mass is 394 g/mol. The summed E-state index contributed by atoms with van der Waals surface area (Å²) in [6.07, 6.45) is 5.23. The highest BCUT2D eigenvalue weighted by atomic mass is 32.1. The summed E-state index contributed by atoms with van der Waals surface area (Å²) in [5.74, 6) is 1.47.